The van der Waals surface area contributed by atoms with Crippen molar-refractivity contribution in [3.8, 4) is 0 Å². The minimum absolute atomic E-state index is 0.142. The van der Waals surface area contributed by atoms with Crippen LogP contribution in [0, 0.1) is 0 Å². The maximum atomic E-state index is 9.23. The van der Waals surface area contributed by atoms with Gasteiger partial charge in [0.25, 0.3) is 0 Å². The molecule has 0 radical (unpaired) electrons. The highest BCUT2D eigenvalue weighted by Crippen LogP contribution is 2.07. The van der Waals surface area contributed by atoms with Gasteiger partial charge in [-0.1, -0.05) is 5.16 Å². The third-order valence-corrected chi connectivity index (χ3v) is 1.99. The van der Waals surface area contributed by atoms with Gasteiger partial charge in [-0.3, -0.25) is 4.90 Å². The van der Waals surface area contributed by atoms with Crippen LogP contribution in [0.15, 0.2) is 5.16 Å². The van der Waals surface area contributed by atoms with Gasteiger partial charge in [-0.15, -0.1) is 0 Å². The molecule has 13 heavy (non-hydrogen) atoms. The molecule has 1 N–H and O–H groups in total. The highest BCUT2D eigenvalue weighted by Gasteiger charge is 2.19. The first-order valence-electron chi connectivity index (χ1n) is 4.72. The number of likely N-dealkylation sites (tertiary alicyclic amines) is 1. The van der Waals surface area contributed by atoms with Crippen molar-refractivity contribution in [2.24, 2.45) is 5.16 Å². The maximum Gasteiger partial charge on any atom is 0.129 e. The minimum Gasteiger partial charge on any atom is -0.395 e. The Morgan fingerprint density at radius 3 is 2.92 bits per heavy atom. The van der Waals surface area contributed by atoms with Crippen LogP contribution in [0.2, 0.25) is 0 Å². The zero-order valence-electron chi connectivity index (χ0n) is 8.36. The predicted octanol–water partition coefficient (Wildman–Crippen LogP) is 0.465. The molecule has 0 aromatic heterocycles. The molecule has 0 aromatic rings. The highest BCUT2D eigenvalue weighted by molar-refractivity contribution is 5.78. The largest absolute Gasteiger partial charge is 0.395 e. The quantitative estimate of drug-likeness (QED) is 0.394. The molecular formula is C9H18N2O2. The van der Waals surface area contributed by atoms with E-state index < -0.39 is 0 Å². The molecular weight excluding hydrogens is 168 g/mol. The summed E-state index contributed by atoms with van der Waals surface area (Å²) < 4.78 is 0. The van der Waals surface area contributed by atoms with Crippen molar-refractivity contribution in [2.45, 2.75) is 26.4 Å². The van der Waals surface area contributed by atoms with Gasteiger partial charge < -0.3 is 9.94 Å². The summed E-state index contributed by atoms with van der Waals surface area (Å²) in [6, 6.07) is 0. The van der Waals surface area contributed by atoms with E-state index in [-0.39, 0.29) is 6.10 Å². The third kappa shape index (κ3) is 4.24. The summed E-state index contributed by atoms with van der Waals surface area (Å²) in [5.74, 6) is 0. The number of oxime groups is 1. The fourth-order valence-corrected chi connectivity index (χ4v) is 1.36. The molecule has 4 nitrogen and oxygen atoms in total. The Balaban J connectivity index is 2.03. The minimum atomic E-state index is -0.142. The Kier molecular flexibility index (Phi) is 4.18. The molecule has 1 aliphatic rings. The van der Waals surface area contributed by atoms with Gasteiger partial charge in [-0.25, -0.2) is 0 Å². The molecule has 1 atom stereocenters. The van der Waals surface area contributed by atoms with Crippen molar-refractivity contribution < 1.29 is 9.94 Å². The zero-order chi connectivity index (χ0) is 9.68. The van der Waals surface area contributed by atoms with E-state index in [1.54, 1.807) is 0 Å². The van der Waals surface area contributed by atoms with Crippen molar-refractivity contribution in [1.29, 1.82) is 0 Å². The fourth-order valence-electron chi connectivity index (χ4n) is 1.36. The van der Waals surface area contributed by atoms with Gasteiger partial charge in [0.15, 0.2) is 0 Å². The molecule has 0 unspecified atom stereocenters. The summed E-state index contributed by atoms with van der Waals surface area (Å²) in [7, 11) is 0. The second kappa shape index (κ2) is 5.19. The average molecular weight is 186 g/mol. The van der Waals surface area contributed by atoms with Crippen LogP contribution < -0.4 is 0 Å². The number of hydrogen-bond acceptors (Lipinski definition) is 4. The molecule has 0 aliphatic carbocycles. The number of β-amino-alcohol motifs (C(OH)–C–C–N with tert-alkyl or cyclic N) is 1. The number of aliphatic hydroxyl groups excluding tert-OH is 1. The van der Waals surface area contributed by atoms with Crippen LogP contribution in [0.5, 0.6) is 0 Å². The van der Waals surface area contributed by atoms with Gasteiger partial charge in [0.2, 0.25) is 0 Å². The molecule has 4 heteroatoms. The van der Waals surface area contributed by atoms with Gasteiger partial charge in [0.1, 0.15) is 6.61 Å². The van der Waals surface area contributed by atoms with E-state index in [0.717, 1.165) is 31.8 Å². The summed E-state index contributed by atoms with van der Waals surface area (Å²) in [4.78, 5) is 7.24. The number of rotatable bonds is 4. The van der Waals surface area contributed by atoms with Gasteiger partial charge in [0, 0.05) is 19.6 Å². The Bertz CT molecular complexity index is 178. The normalized spacial score (nSPS) is 23.2. The predicted molar refractivity (Wildman–Crippen MR) is 51.8 cm³/mol. The number of hydrogen-bond donors (Lipinski definition) is 1. The Morgan fingerprint density at radius 1 is 1.62 bits per heavy atom. The lowest BCUT2D eigenvalue weighted by Gasteiger charge is -2.13. The van der Waals surface area contributed by atoms with E-state index in [2.05, 4.69) is 10.1 Å². The van der Waals surface area contributed by atoms with Crippen molar-refractivity contribution in [1.82, 2.24) is 4.90 Å². The zero-order valence-corrected chi connectivity index (χ0v) is 8.36. The van der Waals surface area contributed by atoms with Crippen molar-refractivity contribution in [2.75, 3.05) is 26.2 Å². The van der Waals surface area contributed by atoms with E-state index in [0.29, 0.717) is 6.61 Å². The summed E-state index contributed by atoms with van der Waals surface area (Å²) >= 11 is 0. The molecule has 76 valence electrons. The third-order valence-electron chi connectivity index (χ3n) is 1.99. The fraction of sp³-hybridized carbons (Fsp3) is 0.889. The molecule has 1 fully saturated rings. The first-order chi connectivity index (χ1) is 6.18. The molecule has 0 bridgehead atoms. The average Bonchev–Trinajstić information content (AvgIpc) is 2.45. The summed E-state index contributed by atoms with van der Waals surface area (Å²) in [5, 5.41) is 13.1. The molecule has 0 saturated carbocycles. The highest BCUT2D eigenvalue weighted by atomic mass is 16.6. The topological polar surface area (TPSA) is 45.1 Å². The van der Waals surface area contributed by atoms with E-state index in [9.17, 15) is 5.11 Å². The standard InChI is InChI=1S/C9H18N2O2/c1-8(2)10-13-6-5-11-4-3-9(12)7-11/h9,12H,3-7H2,1-2H3/t9-/m1/s1. The lowest BCUT2D eigenvalue weighted by molar-refractivity contribution is 0.110. The van der Waals surface area contributed by atoms with Crippen LogP contribution in [0.25, 0.3) is 0 Å². The van der Waals surface area contributed by atoms with Crippen LogP contribution >= 0.6 is 0 Å². The smallest absolute Gasteiger partial charge is 0.129 e. The van der Waals surface area contributed by atoms with Gasteiger partial charge >= 0.3 is 0 Å². The lowest BCUT2D eigenvalue weighted by atomic mass is 10.3. The van der Waals surface area contributed by atoms with E-state index in [4.69, 9.17) is 4.84 Å². The van der Waals surface area contributed by atoms with E-state index >= 15 is 0 Å². The van der Waals surface area contributed by atoms with Gasteiger partial charge in [-0.2, -0.15) is 0 Å². The summed E-state index contributed by atoms with van der Waals surface area (Å²) in [6.45, 7) is 7.02. The molecule has 1 aliphatic heterocycles. The van der Waals surface area contributed by atoms with E-state index in [1.165, 1.54) is 0 Å². The van der Waals surface area contributed by atoms with Crippen molar-refractivity contribution >= 4 is 5.71 Å². The Hall–Kier alpha value is -0.610. The molecule has 0 spiro atoms. The first-order valence-corrected chi connectivity index (χ1v) is 4.72. The summed E-state index contributed by atoms with van der Waals surface area (Å²) in [5.41, 5.74) is 0.932. The monoisotopic (exact) mass is 186 g/mol. The van der Waals surface area contributed by atoms with Gasteiger partial charge in [0.05, 0.1) is 11.8 Å². The Morgan fingerprint density at radius 2 is 2.38 bits per heavy atom. The molecule has 1 rings (SSSR count). The Labute approximate surface area is 79.2 Å². The van der Waals surface area contributed by atoms with Crippen LogP contribution in [-0.4, -0.2) is 48.1 Å². The number of nitrogens with zero attached hydrogens (tertiary/aromatic N) is 2. The SMILES string of the molecule is CC(C)=NOCCN1CC[C@@H](O)C1. The van der Waals surface area contributed by atoms with Gasteiger partial charge in [-0.05, 0) is 20.3 Å². The van der Waals surface area contributed by atoms with Crippen molar-refractivity contribution in [3.05, 3.63) is 0 Å². The summed E-state index contributed by atoms with van der Waals surface area (Å²) in [6.07, 6.45) is 0.743. The molecule has 1 saturated heterocycles. The second-order valence-electron chi connectivity index (χ2n) is 3.61. The molecule has 0 amide bonds. The number of aliphatic hydroxyl groups is 1. The maximum absolute atomic E-state index is 9.23. The lowest BCUT2D eigenvalue weighted by Crippen LogP contribution is -2.25. The van der Waals surface area contributed by atoms with Crippen LogP contribution in [0.4, 0.5) is 0 Å². The van der Waals surface area contributed by atoms with Crippen molar-refractivity contribution in [3.63, 3.8) is 0 Å². The first kappa shape index (κ1) is 10.5. The van der Waals surface area contributed by atoms with E-state index in [1.807, 2.05) is 13.8 Å². The van der Waals surface area contributed by atoms with Crippen LogP contribution in [0.3, 0.4) is 0 Å². The van der Waals surface area contributed by atoms with Crippen LogP contribution in [-0.2, 0) is 4.84 Å². The second-order valence-corrected chi connectivity index (χ2v) is 3.61. The molecule has 1 heterocycles. The molecule has 0 aromatic carbocycles. The van der Waals surface area contributed by atoms with Crippen LogP contribution in [0.1, 0.15) is 20.3 Å².